The molecule has 68 heavy (non-hydrogen) atoms. The van der Waals surface area contributed by atoms with Crippen molar-refractivity contribution in [1.82, 2.24) is 0 Å². The third-order valence-corrected chi connectivity index (χ3v) is 14.4. The molecule has 0 aromatic carbocycles. The Bertz CT molecular complexity index is 1010. The second-order valence-electron chi connectivity index (χ2n) is 21.3. The van der Waals surface area contributed by atoms with E-state index in [0.717, 1.165) is 57.8 Å². The van der Waals surface area contributed by atoms with E-state index in [1.807, 2.05) is 0 Å². The first-order chi connectivity index (χ1) is 33.5. The summed E-state index contributed by atoms with van der Waals surface area (Å²) in [7, 11) is 0. The minimum atomic E-state index is -0.760. The molecule has 6 heteroatoms. The van der Waals surface area contributed by atoms with Crippen LogP contribution in [0, 0.1) is 0 Å². The summed E-state index contributed by atoms with van der Waals surface area (Å²) < 4.78 is 16.9. The molecule has 0 aromatic heterocycles. The molecule has 0 aliphatic heterocycles. The summed E-state index contributed by atoms with van der Waals surface area (Å²) in [5, 5.41) is 0. The van der Waals surface area contributed by atoms with E-state index in [-0.39, 0.29) is 31.1 Å². The first-order valence-electron chi connectivity index (χ1n) is 31.0. The molecular formula is C62H120O6. The molecule has 0 amide bonds. The number of rotatable bonds is 58. The molecule has 0 bridgehead atoms. The number of ether oxygens (including phenoxy) is 3. The monoisotopic (exact) mass is 961 g/mol. The Kier molecular flexibility index (Phi) is 56.6. The van der Waals surface area contributed by atoms with Crippen molar-refractivity contribution in [3.05, 3.63) is 0 Å². The lowest BCUT2D eigenvalue weighted by molar-refractivity contribution is -0.167. The third-order valence-electron chi connectivity index (χ3n) is 14.4. The van der Waals surface area contributed by atoms with Gasteiger partial charge < -0.3 is 14.2 Å². The Morgan fingerprint density at radius 3 is 0.588 bits per heavy atom. The first-order valence-corrected chi connectivity index (χ1v) is 31.0. The number of carbonyl (C=O) groups excluding carboxylic acids is 3. The van der Waals surface area contributed by atoms with Gasteiger partial charge in [0.25, 0.3) is 0 Å². The fraction of sp³-hybridized carbons (Fsp3) is 0.952. The smallest absolute Gasteiger partial charge is 0.306 e. The molecule has 0 heterocycles. The second-order valence-corrected chi connectivity index (χ2v) is 21.3. The zero-order chi connectivity index (χ0) is 49.3. The van der Waals surface area contributed by atoms with Crippen LogP contribution in [-0.4, -0.2) is 37.2 Å². The topological polar surface area (TPSA) is 78.9 Å². The van der Waals surface area contributed by atoms with Crippen molar-refractivity contribution in [1.29, 1.82) is 0 Å². The first kappa shape index (κ1) is 66.4. The van der Waals surface area contributed by atoms with Gasteiger partial charge in [0.15, 0.2) is 6.10 Å². The van der Waals surface area contributed by atoms with Crippen LogP contribution in [0.3, 0.4) is 0 Å². The van der Waals surface area contributed by atoms with Crippen LogP contribution in [0.1, 0.15) is 361 Å². The molecular weight excluding hydrogens is 841 g/mol. The summed E-state index contributed by atoms with van der Waals surface area (Å²) in [6.07, 6.45) is 65.5. The lowest BCUT2D eigenvalue weighted by Crippen LogP contribution is -2.30. The second kappa shape index (κ2) is 58.0. The van der Waals surface area contributed by atoms with E-state index in [2.05, 4.69) is 20.8 Å². The highest BCUT2D eigenvalue weighted by molar-refractivity contribution is 5.71. The summed E-state index contributed by atoms with van der Waals surface area (Å²) in [4.78, 5) is 38.1. The van der Waals surface area contributed by atoms with Gasteiger partial charge in [-0.05, 0) is 19.3 Å². The Balaban J connectivity index is 4.06. The molecule has 0 aromatic rings. The van der Waals surface area contributed by atoms with E-state index in [1.54, 1.807) is 0 Å². The average Bonchev–Trinajstić information content (AvgIpc) is 3.34. The third kappa shape index (κ3) is 55.3. The Hall–Kier alpha value is -1.59. The maximum absolute atomic E-state index is 12.8. The van der Waals surface area contributed by atoms with Gasteiger partial charge in [0.2, 0.25) is 0 Å². The van der Waals surface area contributed by atoms with E-state index in [9.17, 15) is 14.4 Å². The maximum Gasteiger partial charge on any atom is 0.306 e. The number of unbranched alkanes of at least 4 members (excludes halogenated alkanes) is 47. The van der Waals surface area contributed by atoms with Crippen LogP contribution in [0.15, 0.2) is 0 Å². The fourth-order valence-corrected chi connectivity index (χ4v) is 9.68. The average molecular weight is 962 g/mol. The van der Waals surface area contributed by atoms with Gasteiger partial charge >= 0.3 is 17.9 Å². The minimum absolute atomic E-state index is 0.0613. The van der Waals surface area contributed by atoms with Gasteiger partial charge in [0, 0.05) is 19.3 Å². The van der Waals surface area contributed by atoms with E-state index in [1.165, 1.54) is 263 Å². The predicted octanol–water partition coefficient (Wildman–Crippen LogP) is 20.7. The molecule has 0 radical (unpaired) electrons. The molecule has 0 saturated heterocycles. The van der Waals surface area contributed by atoms with Crippen molar-refractivity contribution in [3.63, 3.8) is 0 Å². The van der Waals surface area contributed by atoms with Crippen molar-refractivity contribution < 1.29 is 28.6 Å². The molecule has 0 rings (SSSR count). The highest BCUT2D eigenvalue weighted by atomic mass is 16.6. The number of hydrogen-bond acceptors (Lipinski definition) is 6. The summed E-state index contributed by atoms with van der Waals surface area (Å²) in [6, 6.07) is 0. The summed E-state index contributed by atoms with van der Waals surface area (Å²) in [5.41, 5.74) is 0. The fourth-order valence-electron chi connectivity index (χ4n) is 9.68. The molecule has 6 nitrogen and oxygen atoms in total. The Morgan fingerprint density at radius 1 is 0.235 bits per heavy atom. The molecule has 0 aliphatic rings. The lowest BCUT2D eigenvalue weighted by atomic mass is 10.0. The Morgan fingerprint density at radius 2 is 0.397 bits per heavy atom. The van der Waals surface area contributed by atoms with Gasteiger partial charge in [0.1, 0.15) is 13.2 Å². The van der Waals surface area contributed by atoms with Crippen LogP contribution >= 0.6 is 0 Å². The molecule has 0 aliphatic carbocycles. The van der Waals surface area contributed by atoms with E-state index in [0.29, 0.717) is 19.3 Å². The normalized spacial score (nSPS) is 11.9. The van der Waals surface area contributed by atoms with Crippen LogP contribution < -0.4 is 0 Å². The largest absolute Gasteiger partial charge is 0.462 e. The van der Waals surface area contributed by atoms with E-state index in [4.69, 9.17) is 14.2 Å². The number of esters is 3. The molecule has 0 spiro atoms. The van der Waals surface area contributed by atoms with Crippen LogP contribution in [0.25, 0.3) is 0 Å². The number of carbonyl (C=O) groups is 3. The van der Waals surface area contributed by atoms with Gasteiger partial charge in [-0.25, -0.2) is 0 Å². The predicted molar refractivity (Wildman–Crippen MR) is 294 cm³/mol. The zero-order valence-corrected chi connectivity index (χ0v) is 46.4. The molecule has 1 atom stereocenters. The van der Waals surface area contributed by atoms with Crippen molar-refractivity contribution >= 4 is 17.9 Å². The van der Waals surface area contributed by atoms with Crippen LogP contribution in [0.2, 0.25) is 0 Å². The molecule has 1 unspecified atom stereocenters. The van der Waals surface area contributed by atoms with Crippen molar-refractivity contribution in [2.75, 3.05) is 13.2 Å². The standard InChI is InChI=1S/C62H120O6/c1-4-7-10-13-16-19-22-24-25-26-27-28-29-30-31-32-33-34-35-36-37-39-40-43-46-49-52-55-61(64)67-58-59(57-66-60(63)54-51-48-45-42-21-18-15-12-9-6-3)68-62(65)56-53-50-47-44-41-38-23-20-17-14-11-8-5-2/h59H,4-58H2,1-3H3. The lowest BCUT2D eigenvalue weighted by Gasteiger charge is -2.18. The highest BCUT2D eigenvalue weighted by Crippen LogP contribution is 2.18. The van der Waals surface area contributed by atoms with E-state index >= 15 is 0 Å². The number of hydrogen-bond donors (Lipinski definition) is 0. The minimum Gasteiger partial charge on any atom is -0.462 e. The highest BCUT2D eigenvalue weighted by Gasteiger charge is 2.19. The van der Waals surface area contributed by atoms with Crippen LogP contribution in [0.4, 0.5) is 0 Å². The van der Waals surface area contributed by atoms with Gasteiger partial charge in [-0.3, -0.25) is 14.4 Å². The summed E-state index contributed by atoms with van der Waals surface area (Å²) >= 11 is 0. The molecule has 0 N–H and O–H groups in total. The van der Waals surface area contributed by atoms with Crippen molar-refractivity contribution in [2.24, 2.45) is 0 Å². The summed E-state index contributed by atoms with van der Waals surface area (Å²) in [5.74, 6) is -0.835. The zero-order valence-electron chi connectivity index (χ0n) is 46.4. The van der Waals surface area contributed by atoms with Gasteiger partial charge in [-0.1, -0.05) is 323 Å². The molecule has 0 fully saturated rings. The van der Waals surface area contributed by atoms with Gasteiger partial charge in [-0.2, -0.15) is 0 Å². The SMILES string of the molecule is CCCCCCCCCCCCCCCCCCCCCCCCCCCCCC(=O)OCC(COC(=O)CCCCCCCCCCCC)OC(=O)CCCCCCCCCCCCCCC. The molecule has 404 valence electrons. The van der Waals surface area contributed by atoms with E-state index < -0.39 is 6.10 Å². The van der Waals surface area contributed by atoms with Gasteiger partial charge in [0.05, 0.1) is 0 Å². The maximum atomic E-state index is 12.8. The van der Waals surface area contributed by atoms with Crippen molar-refractivity contribution in [3.8, 4) is 0 Å². The molecule has 0 saturated carbocycles. The Labute approximate surface area is 425 Å². The van der Waals surface area contributed by atoms with Crippen LogP contribution in [0.5, 0.6) is 0 Å². The van der Waals surface area contributed by atoms with Crippen molar-refractivity contribution in [2.45, 2.75) is 367 Å². The van der Waals surface area contributed by atoms with Gasteiger partial charge in [-0.15, -0.1) is 0 Å². The quantitative estimate of drug-likeness (QED) is 0.0343. The summed E-state index contributed by atoms with van der Waals surface area (Å²) in [6.45, 7) is 6.69. The van der Waals surface area contributed by atoms with Crippen LogP contribution in [-0.2, 0) is 28.6 Å².